The number of nitrogens with two attached hydrogens (primary N) is 1. The molecule has 0 aliphatic heterocycles. The number of aromatic amines is 1. The van der Waals surface area contributed by atoms with Crippen molar-refractivity contribution < 1.29 is 0 Å². The van der Waals surface area contributed by atoms with Crippen LogP contribution in [0.5, 0.6) is 0 Å². The molecule has 1 saturated carbocycles. The molecule has 2 unspecified atom stereocenters. The maximum absolute atomic E-state index is 7.02. The molecular formula is C21H23Cl2N3. The molecule has 1 heterocycles. The normalized spacial score (nSPS) is 23.4. The van der Waals surface area contributed by atoms with Crippen LogP contribution in [-0.4, -0.2) is 11.0 Å². The van der Waals surface area contributed by atoms with Gasteiger partial charge in [-0.25, -0.2) is 0 Å². The van der Waals surface area contributed by atoms with Gasteiger partial charge >= 0.3 is 0 Å². The molecule has 1 aliphatic rings. The van der Waals surface area contributed by atoms with Crippen molar-refractivity contribution in [3.63, 3.8) is 0 Å². The van der Waals surface area contributed by atoms with Crippen LogP contribution in [0.15, 0.2) is 48.7 Å². The molecule has 26 heavy (non-hydrogen) atoms. The molecule has 0 saturated heterocycles. The Bertz CT molecular complexity index is 900. The molecule has 0 spiro atoms. The van der Waals surface area contributed by atoms with Gasteiger partial charge in [-0.1, -0.05) is 54.2 Å². The van der Waals surface area contributed by atoms with E-state index in [0.717, 1.165) is 30.3 Å². The van der Waals surface area contributed by atoms with Crippen LogP contribution in [-0.2, 0) is 12.1 Å². The minimum Gasteiger partial charge on any atom is -0.361 e. The molecule has 5 heteroatoms. The average molecular weight is 388 g/mol. The van der Waals surface area contributed by atoms with Gasteiger partial charge in [0.15, 0.2) is 0 Å². The van der Waals surface area contributed by atoms with Gasteiger partial charge in [-0.2, -0.15) is 0 Å². The first-order valence-corrected chi connectivity index (χ1v) is 9.86. The maximum atomic E-state index is 7.02. The van der Waals surface area contributed by atoms with Crippen molar-refractivity contribution in [2.24, 2.45) is 5.73 Å². The molecule has 0 radical (unpaired) electrons. The van der Waals surface area contributed by atoms with E-state index in [9.17, 15) is 0 Å². The second kappa shape index (κ2) is 7.24. The van der Waals surface area contributed by atoms with Crippen LogP contribution >= 0.6 is 23.2 Å². The predicted molar refractivity (Wildman–Crippen MR) is 110 cm³/mol. The highest BCUT2D eigenvalue weighted by Crippen LogP contribution is 2.38. The molecule has 4 N–H and O–H groups in total. The monoisotopic (exact) mass is 387 g/mol. The summed E-state index contributed by atoms with van der Waals surface area (Å²) in [5.41, 5.74) is 10.1. The molecule has 4 rings (SSSR count). The first kappa shape index (κ1) is 17.9. The number of nitrogens with one attached hydrogen (secondary N) is 2. The van der Waals surface area contributed by atoms with Crippen molar-refractivity contribution in [2.75, 3.05) is 0 Å². The Morgan fingerprint density at radius 3 is 2.69 bits per heavy atom. The van der Waals surface area contributed by atoms with Crippen LogP contribution < -0.4 is 11.1 Å². The average Bonchev–Trinajstić information content (AvgIpc) is 3.05. The number of para-hydroxylation sites is 1. The summed E-state index contributed by atoms with van der Waals surface area (Å²) >= 11 is 12.3. The molecule has 0 bridgehead atoms. The van der Waals surface area contributed by atoms with E-state index in [0.29, 0.717) is 16.6 Å². The lowest BCUT2D eigenvalue weighted by molar-refractivity contribution is 0.217. The topological polar surface area (TPSA) is 53.8 Å². The van der Waals surface area contributed by atoms with E-state index >= 15 is 0 Å². The highest BCUT2D eigenvalue weighted by atomic mass is 35.5. The number of fused-ring (bicyclic) bond motifs is 1. The fourth-order valence-corrected chi connectivity index (χ4v) is 4.79. The van der Waals surface area contributed by atoms with E-state index in [1.807, 2.05) is 18.2 Å². The van der Waals surface area contributed by atoms with E-state index in [4.69, 9.17) is 28.9 Å². The number of rotatable bonds is 4. The van der Waals surface area contributed by atoms with Gasteiger partial charge < -0.3 is 16.0 Å². The minimum absolute atomic E-state index is 0.202. The summed E-state index contributed by atoms with van der Waals surface area (Å²) in [7, 11) is 0. The molecule has 3 aromatic rings. The number of hydrogen-bond donors (Lipinski definition) is 3. The van der Waals surface area contributed by atoms with Crippen molar-refractivity contribution in [3.8, 4) is 0 Å². The van der Waals surface area contributed by atoms with Crippen molar-refractivity contribution in [1.29, 1.82) is 0 Å². The van der Waals surface area contributed by atoms with Gasteiger partial charge in [-0.05, 0) is 48.2 Å². The SMILES string of the molecule is NC1(c2c[nH]c3ccccc23)CCCCC1NCc1cc(Cl)cc(Cl)c1. The molecule has 1 fully saturated rings. The molecular weight excluding hydrogens is 365 g/mol. The minimum atomic E-state index is -0.389. The van der Waals surface area contributed by atoms with Gasteiger partial charge in [0.2, 0.25) is 0 Å². The predicted octanol–water partition coefficient (Wildman–Crippen LogP) is 5.36. The van der Waals surface area contributed by atoms with Crippen LogP contribution in [0.3, 0.4) is 0 Å². The van der Waals surface area contributed by atoms with Crippen LogP contribution in [0.4, 0.5) is 0 Å². The van der Waals surface area contributed by atoms with Gasteiger partial charge in [0.05, 0.1) is 5.54 Å². The van der Waals surface area contributed by atoms with Crippen LogP contribution in [0.2, 0.25) is 10.0 Å². The Labute approximate surface area is 163 Å². The second-order valence-corrected chi connectivity index (χ2v) is 8.12. The summed E-state index contributed by atoms with van der Waals surface area (Å²) in [5.74, 6) is 0. The van der Waals surface area contributed by atoms with Gasteiger partial charge in [0.1, 0.15) is 0 Å². The van der Waals surface area contributed by atoms with E-state index < -0.39 is 0 Å². The Hall–Kier alpha value is -1.52. The number of H-pyrrole nitrogens is 1. The number of halogens is 2. The summed E-state index contributed by atoms with van der Waals surface area (Å²) in [5, 5.41) is 6.22. The zero-order chi connectivity index (χ0) is 18.1. The highest BCUT2D eigenvalue weighted by molar-refractivity contribution is 6.34. The Balaban J connectivity index is 1.61. The first-order valence-electron chi connectivity index (χ1n) is 9.10. The zero-order valence-electron chi connectivity index (χ0n) is 14.6. The van der Waals surface area contributed by atoms with Gasteiger partial charge in [0.25, 0.3) is 0 Å². The van der Waals surface area contributed by atoms with E-state index in [-0.39, 0.29) is 11.6 Å². The zero-order valence-corrected chi connectivity index (χ0v) is 16.1. The Kier molecular flexibility index (Phi) is 4.98. The largest absolute Gasteiger partial charge is 0.361 e. The fraction of sp³-hybridized carbons (Fsp3) is 0.333. The van der Waals surface area contributed by atoms with Crippen molar-refractivity contribution in [3.05, 3.63) is 69.8 Å². The molecule has 1 aliphatic carbocycles. The van der Waals surface area contributed by atoms with Crippen molar-refractivity contribution in [2.45, 2.75) is 43.8 Å². The van der Waals surface area contributed by atoms with E-state index in [2.05, 4.69) is 34.7 Å². The third-order valence-electron chi connectivity index (χ3n) is 5.52. The summed E-state index contributed by atoms with van der Waals surface area (Å²) in [4.78, 5) is 3.38. The molecule has 1 aromatic heterocycles. The quantitative estimate of drug-likeness (QED) is 0.564. The second-order valence-electron chi connectivity index (χ2n) is 7.25. The van der Waals surface area contributed by atoms with Crippen LogP contribution in [0.25, 0.3) is 10.9 Å². The number of benzene rings is 2. The van der Waals surface area contributed by atoms with Crippen molar-refractivity contribution >= 4 is 34.1 Å². The highest BCUT2D eigenvalue weighted by Gasteiger charge is 2.40. The van der Waals surface area contributed by atoms with E-state index in [1.54, 1.807) is 6.07 Å². The standard InChI is InChI=1S/C21H23Cl2N3/c22-15-9-14(10-16(23)11-15)12-26-20-7-3-4-8-21(20,24)18-13-25-19-6-2-1-5-17(18)19/h1-2,5-6,9-11,13,20,25-26H,3-4,7-8,12,24H2. The van der Waals surface area contributed by atoms with Crippen LogP contribution in [0, 0.1) is 0 Å². The van der Waals surface area contributed by atoms with Gasteiger partial charge in [-0.15, -0.1) is 0 Å². The Morgan fingerprint density at radius 1 is 1.12 bits per heavy atom. The third-order valence-corrected chi connectivity index (χ3v) is 5.96. The van der Waals surface area contributed by atoms with Crippen LogP contribution in [0.1, 0.15) is 36.8 Å². The third kappa shape index (κ3) is 3.37. The lowest BCUT2D eigenvalue weighted by Gasteiger charge is -2.42. The smallest absolute Gasteiger partial charge is 0.0586 e. The molecule has 136 valence electrons. The fourth-order valence-electron chi connectivity index (χ4n) is 4.22. The maximum Gasteiger partial charge on any atom is 0.0586 e. The lowest BCUT2D eigenvalue weighted by atomic mass is 9.73. The van der Waals surface area contributed by atoms with Gasteiger partial charge in [0, 0.05) is 39.7 Å². The Morgan fingerprint density at radius 2 is 1.88 bits per heavy atom. The number of aromatic nitrogens is 1. The molecule has 2 aromatic carbocycles. The summed E-state index contributed by atoms with van der Waals surface area (Å²) in [6.45, 7) is 0.701. The molecule has 0 amide bonds. The lowest BCUT2D eigenvalue weighted by Crippen LogP contribution is -2.56. The molecule has 3 nitrogen and oxygen atoms in total. The first-order chi connectivity index (χ1) is 12.6. The van der Waals surface area contributed by atoms with Crippen molar-refractivity contribution in [1.82, 2.24) is 10.3 Å². The molecule has 2 atom stereocenters. The summed E-state index contributed by atoms with van der Waals surface area (Å²) in [6, 6.07) is 14.2. The van der Waals surface area contributed by atoms with E-state index in [1.165, 1.54) is 17.4 Å². The summed E-state index contributed by atoms with van der Waals surface area (Å²) < 4.78 is 0. The number of hydrogen-bond acceptors (Lipinski definition) is 2. The summed E-state index contributed by atoms with van der Waals surface area (Å²) in [6.07, 6.45) is 6.46. The van der Waals surface area contributed by atoms with Gasteiger partial charge in [-0.3, -0.25) is 0 Å².